The summed E-state index contributed by atoms with van der Waals surface area (Å²) in [6.45, 7) is 0.598. The molecule has 0 amide bonds. The van der Waals surface area contributed by atoms with Crippen LogP contribution >= 0.6 is 0 Å². The van der Waals surface area contributed by atoms with Crippen LogP contribution in [0.1, 0.15) is 18.4 Å². The second-order valence-electron chi connectivity index (χ2n) is 4.60. The first-order chi connectivity index (χ1) is 8.06. The van der Waals surface area contributed by atoms with Gasteiger partial charge < -0.3 is 11.1 Å². The van der Waals surface area contributed by atoms with Crippen LogP contribution in [-0.2, 0) is 9.84 Å². The van der Waals surface area contributed by atoms with Crippen LogP contribution in [0.4, 0.5) is 5.69 Å². The maximum Gasteiger partial charge on any atom is 0.200 e. The fraction of sp³-hybridized carbons (Fsp3) is 0.333. The third-order valence-corrected chi connectivity index (χ3v) is 4.68. The van der Waals surface area contributed by atoms with Crippen molar-refractivity contribution >= 4 is 21.1 Å². The Balaban J connectivity index is 1.97. The zero-order chi connectivity index (χ0) is 12.0. The predicted octanol–water partition coefficient (Wildman–Crippen LogP) is 1.15. The summed E-state index contributed by atoms with van der Waals surface area (Å²) in [5.74, 6) is 0. The van der Waals surface area contributed by atoms with Crippen LogP contribution in [-0.4, -0.2) is 21.0 Å². The van der Waals surface area contributed by atoms with E-state index in [1.807, 2.05) is 0 Å². The minimum atomic E-state index is -3.26. The molecule has 3 rings (SSSR count). The Bertz CT molecular complexity index is 601. The zero-order valence-corrected chi connectivity index (χ0v) is 10.1. The van der Waals surface area contributed by atoms with Crippen molar-refractivity contribution in [3.63, 3.8) is 0 Å². The smallest absolute Gasteiger partial charge is 0.200 e. The quantitative estimate of drug-likeness (QED) is 0.789. The van der Waals surface area contributed by atoms with Gasteiger partial charge in [-0.3, -0.25) is 0 Å². The monoisotopic (exact) mass is 250 g/mol. The Kier molecular flexibility index (Phi) is 2.27. The largest absolute Gasteiger partial charge is 0.399 e. The summed E-state index contributed by atoms with van der Waals surface area (Å²) >= 11 is 0. The third kappa shape index (κ3) is 1.96. The molecule has 1 fully saturated rings. The van der Waals surface area contributed by atoms with Gasteiger partial charge in [-0.1, -0.05) is 0 Å². The fourth-order valence-corrected chi connectivity index (χ4v) is 3.51. The van der Waals surface area contributed by atoms with Crippen LogP contribution in [0.5, 0.6) is 0 Å². The number of anilines is 1. The van der Waals surface area contributed by atoms with Gasteiger partial charge in [0.2, 0.25) is 9.84 Å². The van der Waals surface area contributed by atoms with Gasteiger partial charge in [0.25, 0.3) is 0 Å². The SMILES string of the molecule is Nc1ccc2c(c1)C(CNC1CC1)=CS2(=O)=O. The van der Waals surface area contributed by atoms with E-state index >= 15 is 0 Å². The van der Waals surface area contributed by atoms with Crippen molar-refractivity contribution in [1.82, 2.24) is 5.32 Å². The number of nitrogens with two attached hydrogens (primary N) is 1. The number of fused-ring (bicyclic) bond motifs is 1. The summed E-state index contributed by atoms with van der Waals surface area (Å²) in [6.07, 6.45) is 2.37. The minimum absolute atomic E-state index is 0.374. The lowest BCUT2D eigenvalue weighted by Gasteiger charge is -2.06. The Morgan fingerprint density at radius 2 is 2.12 bits per heavy atom. The predicted molar refractivity (Wildman–Crippen MR) is 67.0 cm³/mol. The van der Waals surface area contributed by atoms with Crippen LogP contribution in [0.3, 0.4) is 0 Å². The van der Waals surface area contributed by atoms with Gasteiger partial charge in [-0.15, -0.1) is 0 Å². The molecule has 1 aliphatic heterocycles. The van der Waals surface area contributed by atoms with Gasteiger partial charge in [0.05, 0.1) is 4.90 Å². The molecule has 0 aromatic heterocycles. The molecule has 1 aromatic carbocycles. The highest BCUT2D eigenvalue weighted by Crippen LogP contribution is 2.34. The summed E-state index contributed by atoms with van der Waals surface area (Å²) in [5, 5.41) is 4.68. The maximum absolute atomic E-state index is 11.9. The normalized spacial score (nSPS) is 21.1. The van der Waals surface area contributed by atoms with Gasteiger partial charge in [-0.2, -0.15) is 0 Å². The number of hydrogen-bond donors (Lipinski definition) is 2. The molecule has 17 heavy (non-hydrogen) atoms. The number of sulfone groups is 1. The molecular formula is C12H14N2O2S. The van der Waals surface area contributed by atoms with Crippen LogP contribution < -0.4 is 11.1 Å². The first-order valence-corrected chi connectivity index (χ1v) is 7.20. The molecule has 0 bridgehead atoms. The average molecular weight is 250 g/mol. The minimum Gasteiger partial charge on any atom is -0.399 e. The second-order valence-corrected chi connectivity index (χ2v) is 6.36. The summed E-state index contributed by atoms with van der Waals surface area (Å²) in [7, 11) is -3.26. The first-order valence-electron chi connectivity index (χ1n) is 5.65. The van der Waals surface area contributed by atoms with Crippen molar-refractivity contribution in [3.05, 3.63) is 29.2 Å². The van der Waals surface area contributed by atoms with Gasteiger partial charge in [-0.25, -0.2) is 8.42 Å². The molecule has 2 aliphatic rings. The Morgan fingerprint density at radius 1 is 1.35 bits per heavy atom. The summed E-state index contributed by atoms with van der Waals surface area (Å²) in [6, 6.07) is 5.51. The average Bonchev–Trinajstić information content (AvgIpc) is 3.03. The molecule has 5 heteroatoms. The van der Waals surface area contributed by atoms with Gasteiger partial charge >= 0.3 is 0 Å². The van der Waals surface area contributed by atoms with E-state index in [4.69, 9.17) is 5.73 Å². The fourth-order valence-electron chi connectivity index (χ4n) is 2.04. The molecule has 0 spiro atoms. The van der Waals surface area contributed by atoms with Crippen LogP contribution in [0, 0.1) is 0 Å². The van der Waals surface area contributed by atoms with Crippen molar-refractivity contribution in [2.24, 2.45) is 0 Å². The number of nitrogen functional groups attached to an aromatic ring is 1. The van der Waals surface area contributed by atoms with E-state index < -0.39 is 9.84 Å². The van der Waals surface area contributed by atoms with E-state index in [-0.39, 0.29) is 0 Å². The molecule has 1 saturated carbocycles. The lowest BCUT2D eigenvalue weighted by Crippen LogP contribution is -2.18. The van der Waals surface area contributed by atoms with Crippen molar-refractivity contribution in [3.8, 4) is 0 Å². The highest BCUT2D eigenvalue weighted by atomic mass is 32.2. The zero-order valence-electron chi connectivity index (χ0n) is 9.31. The Labute approximate surface area is 100 Å². The van der Waals surface area contributed by atoms with E-state index in [1.165, 1.54) is 18.2 Å². The lowest BCUT2D eigenvalue weighted by atomic mass is 10.1. The standard InChI is InChI=1S/C12H14N2O2S/c13-9-1-4-12-11(5-9)8(7-17(12,15)16)6-14-10-2-3-10/h1,4-5,7,10,14H,2-3,6,13H2. The van der Waals surface area contributed by atoms with Gasteiger partial charge in [-0.05, 0) is 36.6 Å². The van der Waals surface area contributed by atoms with Crippen molar-refractivity contribution in [1.29, 1.82) is 0 Å². The number of hydrogen-bond acceptors (Lipinski definition) is 4. The summed E-state index contributed by atoms with van der Waals surface area (Å²) < 4.78 is 23.8. The molecule has 1 heterocycles. The van der Waals surface area contributed by atoms with E-state index in [9.17, 15) is 8.42 Å². The number of nitrogens with one attached hydrogen (secondary N) is 1. The topological polar surface area (TPSA) is 72.2 Å². The Morgan fingerprint density at radius 3 is 2.82 bits per heavy atom. The first kappa shape index (κ1) is 10.8. The van der Waals surface area contributed by atoms with E-state index in [0.29, 0.717) is 23.2 Å². The second kappa shape index (κ2) is 3.58. The van der Waals surface area contributed by atoms with E-state index in [1.54, 1.807) is 18.2 Å². The Hall–Kier alpha value is -1.33. The van der Waals surface area contributed by atoms with Crippen LogP contribution in [0.25, 0.3) is 5.57 Å². The van der Waals surface area contributed by atoms with Gasteiger partial charge in [0, 0.05) is 29.2 Å². The number of benzene rings is 1. The summed E-state index contributed by atoms with van der Waals surface area (Å²) in [4.78, 5) is 0.374. The van der Waals surface area contributed by atoms with Crippen molar-refractivity contribution < 1.29 is 8.42 Å². The molecule has 0 saturated heterocycles. The van der Waals surface area contributed by atoms with Crippen LogP contribution in [0.2, 0.25) is 0 Å². The van der Waals surface area contributed by atoms with Crippen molar-refractivity contribution in [2.45, 2.75) is 23.8 Å². The molecule has 1 aromatic rings. The van der Waals surface area contributed by atoms with Crippen molar-refractivity contribution in [2.75, 3.05) is 12.3 Å². The van der Waals surface area contributed by atoms with E-state index in [0.717, 1.165) is 11.1 Å². The summed E-state index contributed by atoms with van der Waals surface area (Å²) in [5.41, 5.74) is 7.87. The third-order valence-electron chi connectivity index (χ3n) is 3.11. The molecule has 90 valence electrons. The molecule has 1 aliphatic carbocycles. The molecule has 3 N–H and O–H groups in total. The van der Waals surface area contributed by atoms with Gasteiger partial charge in [0.15, 0.2) is 0 Å². The van der Waals surface area contributed by atoms with Gasteiger partial charge in [0.1, 0.15) is 0 Å². The maximum atomic E-state index is 11.9. The molecule has 0 atom stereocenters. The molecule has 0 radical (unpaired) electrons. The lowest BCUT2D eigenvalue weighted by molar-refractivity contribution is 0.605. The molecular weight excluding hydrogens is 236 g/mol. The molecule has 0 unspecified atom stereocenters. The number of rotatable bonds is 3. The van der Waals surface area contributed by atoms with Crippen LogP contribution in [0.15, 0.2) is 28.5 Å². The van der Waals surface area contributed by atoms with E-state index in [2.05, 4.69) is 5.32 Å². The highest BCUT2D eigenvalue weighted by Gasteiger charge is 2.28. The highest BCUT2D eigenvalue weighted by molar-refractivity contribution is 7.95. The molecule has 4 nitrogen and oxygen atoms in total.